The lowest BCUT2D eigenvalue weighted by atomic mass is 9.91. The lowest BCUT2D eigenvalue weighted by Gasteiger charge is -2.27. The largest absolute Gasteiger partial charge is 0.503 e. The molecule has 0 aliphatic carbocycles. The Labute approximate surface area is 173 Å². The van der Waals surface area contributed by atoms with E-state index in [-0.39, 0.29) is 11.4 Å². The standard InChI is InChI=1S/C23H20N2O5/c1-13(2)21(27)19-20(16-6-10-18(11-7-16)30-14(3)26)25(23(29)22(19)28)17-8-4-15(12-24)5-9-17/h4-11,13,20,28H,1-3H3. The van der Waals surface area contributed by atoms with E-state index in [1.165, 1.54) is 11.8 Å². The third-order valence-corrected chi connectivity index (χ3v) is 4.73. The average molecular weight is 404 g/mol. The normalized spacial score (nSPS) is 16.0. The predicted octanol–water partition coefficient (Wildman–Crippen LogP) is 3.61. The van der Waals surface area contributed by atoms with Crippen LogP contribution in [0.15, 0.2) is 59.9 Å². The smallest absolute Gasteiger partial charge is 0.308 e. The minimum atomic E-state index is -0.855. The van der Waals surface area contributed by atoms with Crippen LogP contribution in [0.25, 0.3) is 0 Å². The molecule has 0 saturated carbocycles. The fourth-order valence-electron chi connectivity index (χ4n) is 3.33. The zero-order valence-corrected chi connectivity index (χ0v) is 16.7. The lowest BCUT2D eigenvalue weighted by molar-refractivity contribution is -0.131. The Kier molecular flexibility index (Phi) is 5.70. The second kappa shape index (κ2) is 8.21. The number of nitriles is 1. The number of amides is 1. The Hall–Kier alpha value is -3.92. The molecular weight excluding hydrogens is 384 g/mol. The highest BCUT2D eigenvalue weighted by atomic mass is 16.5. The highest BCUT2D eigenvalue weighted by molar-refractivity contribution is 6.16. The molecule has 0 aromatic heterocycles. The molecule has 2 aromatic rings. The maximum Gasteiger partial charge on any atom is 0.308 e. The molecule has 1 aliphatic rings. The predicted molar refractivity (Wildman–Crippen MR) is 109 cm³/mol. The van der Waals surface area contributed by atoms with Gasteiger partial charge in [-0.25, -0.2) is 0 Å². The summed E-state index contributed by atoms with van der Waals surface area (Å²) in [6.45, 7) is 4.67. The van der Waals surface area contributed by atoms with Gasteiger partial charge in [0.1, 0.15) is 5.75 Å². The molecule has 2 aromatic carbocycles. The molecule has 0 bridgehead atoms. The number of Topliss-reactive ketones (excluding diaryl/α,β-unsaturated/α-hetero) is 1. The van der Waals surface area contributed by atoms with E-state index < -0.39 is 29.6 Å². The number of benzene rings is 2. The number of hydrogen-bond donors (Lipinski definition) is 1. The first-order chi connectivity index (χ1) is 14.2. The van der Waals surface area contributed by atoms with Crippen molar-refractivity contribution in [1.82, 2.24) is 0 Å². The van der Waals surface area contributed by atoms with E-state index >= 15 is 0 Å². The maximum absolute atomic E-state index is 12.9. The summed E-state index contributed by atoms with van der Waals surface area (Å²) in [5, 5.41) is 19.6. The van der Waals surface area contributed by atoms with E-state index in [0.717, 1.165) is 0 Å². The van der Waals surface area contributed by atoms with Crippen LogP contribution in [0.2, 0.25) is 0 Å². The van der Waals surface area contributed by atoms with Gasteiger partial charge in [-0.15, -0.1) is 0 Å². The van der Waals surface area contributed by atoms with Crippen LogP contribution in [0.4, 0.5) is 5.69 Å². The average Bonchev–Trinajstić information content (AvgIpc) is 2.98. The van der Waals surface area contributed by atoms with Crippen molar-refractivity contribution in [3.05, 3.63) is 71.0 Å². The molecule has 7 heteroatoms. The van der Waals surface area contributed by atoms with Gasteiger partial charge in [0.05, 0.1) is 23.2 Å². The number of ether oxygens (including phenoxy) is 1. The molecule has 0 saturated heterocycles. The summed E-state index contributed by atoms with van der Waals surface area (Å²) in [6, 6.07) is 13.9. The van der Waals surface area contributed by atoms with Crippen molar-refractivity contribution < 1.29 is 24.2 Å². The Morgan fingerprint density at radius 3 is 2.20 bits per heavy atom. The number of aliphatic hydroxyl groups is 1. The SMILES string of the molecule is CC(=O)Oc1ccc(C2C(C(=O)C(C)C)=C(O)C(=O)N2c2ccc(C#N)cc2)cc1. The van der Waals surface area contributed by atoms with E-state index in [0.29, 0.717) is 22.6 Å². The second-order valence-corrected chi connectivity index (χ2v) is 7.18. The van der Waals surface area contributed by atoms with E-state index in [2.05, 4.69) is 0 Å². The Bertz CT molecular complexity index is 1080. The van der Waals surface area contributed by atoms with Gasteiger partial charge in [0.2, 0.25) is 0 Å². The number of hydrogen-bond acceptors (Lipinski definition) is 6. The van der Waals surface area contributed by atoms with Crippen molar-refractivity contribution in [2.24, 2.45) is 5.92 Å². The minimum Gasteiger partial charge on any atom is -0.503 e. The van der Waals surface area contributed by atoms with Crippen LogP contribution >= 0.6 is 0 Å². The molecule has 0 fully saturated rings. The van der Waals surface area contributed by atoms with Crippen LogP contribution in [0.5, 0.6) is 5.75 Å². The molecule has 3 rings (SSSR count). The van der Waals surface area contributed by atoms with E-state index in [1.54, 1.807) is 62.4 Å². The van der Waals surface area contributed by atoms with Crippen LogP contribution in [-0.2, 0) is 14.4 Å². The molecule has 0 radical (unpaired) electrons. The Morgan fingerprint density at radius 1 is 1.10 bits per heavy atom. The number of aliphatic hydroxyl groups excluding tert-OH is 1. The summed E-state index contributed by atoms with van der Waals surface area (Å²) in [5.41, 5.74) is 1.44. The fraction of sp³-hybridized carbons (Fsp3) is 0.217. The van der Waals surface area contributed by atoms with Gasteiger partial charge in [-0.2, -0.15) is 5.26 Å². The summed E-state index contributed by atoms with van der Waals surface area (Å²) in [6.07, 6.45) is 0. The van der Waals surface area contributed by atoms with E-state index in [9.17, 15) is 19.5 Å². The molecule has 1 N–H and O–H groups in total. The molecular formula is C23H20N2O5. The van der Waals surface area contributed by atoms with Crippen LogP contribution < -0.4 is 9.64 Å². The number of anilines is 1. The molecule has 30 heavy (non-hydrogen) atoms. The fourth-order valence-corrected chi connectivity index (χ4v) is 3.33. The Morgan fingerprint density at radius 2 is 1.70 bits per heavy atom. The zero-order chi connectivity index (χ0) is 22.0. The summed E-state index contributed by atoms with van der Waals surface area (Å²) in [7, 11) is 0. The molecule has 152 valence electrons. The molecule has 7 nitrogen and oxygen atoms in total. The van der Waals surface area contributed by atoms with Crippen molar-refractivity contribution in [3.8, 4) is 11.8 Å². The summed E-state index contributed by atoms with van der Waals surface area (Å²) >= 11 is 0. The molecule has 1 atom stereocenters. The molecule has 1 unspecified atom stereocenters. The number of nitrogens with zero attached hydrogens (tertiary/aromatic N) is 2. The van der Waals surface area contributed by atoms with E-state index in [4.69, 9.17) is 10.00 Å². The summed E-state index contributed by atoms with van der Waals surface area (Å²) < 4.78 is 5.05. The number of carbonyl (C=O) groups is 3. The highest BCUT2D eigenvalue weighted by Gasteiger charge is 2.44. The third kappa shape index (κ3) is 3.80. The van der Waals surface area contributed by atoms with Gasteiger partial charge in [0, 0.05) is 18.5 Å². The lowest BCUT2D eigenvalue weighted by Crippen LogP contribution is -2.31. The summed E-state index contributed by atoms with van der Waals surface area (Å²) in [4.78, 5) is 38.3. The number of carbonyl (C=O) groups excluding carboxylic acids is 3. The van der Waals surface area contributed by atoms with Crippen LogP contribution in [0.3, 0.4) is 0 Å². The third-order valence-electron chi connectivity index (χ3n) is 4.73. The van der Waals surface area contributed by atoms with Gasteiger partial charge in [-0.3, -0.25) is 19.3 Å². The van der Waals surface area contributed by atoms with Gasteiger partial charge >= 0.3 is 5.97 Å². The zero-order valence-electron chi connectivity index (χ0n) is 16.7. The van der Waals surface area contributed by atoms with Gasteiger partial charge in [-0.05, 0) is 42.0 Å². The monoisotopic (exact) mass is 404 g/mol. The quantitative estimate of drug-likeness (QED) is 0.602. The van der Waals surface area contributed by atoms with E-state index in [1.807, 2.05) is 6.07 Å². The molecule has 1 heterocycles. The topological polar surface area (TPSA) is 108 Å². The first-order valence-corrected chi connectivity index (χ1v) is 9.34. The number of esters is 1. The number of rotatable bonds is 5. The van der Waals surface area contributed by atoms with Gasteiger partial charge < -0.3 is 9.84 Å². The van der Waals surface area contributed by atoms with Gasteiger partial charge in [0.25, 0.3) is 5.91 Å². The first kappa shape index (κ1) is 20.8. The highest BCUT2D eigenvalue weighted by Crippen LogP contribution is 2.42. The minimum absolute atomic E-state index is 0.0135. The van der Waals surface area contributed by atoms with Gasteiger partial charge in [0.15, 0.2) is 11.5 Å². The van der Waals surface area contributed by atoms with Gasteiger partial charge in [-0.1, -0.05) is 26.0 Å². The molecule has 1 amide bonds. The van der Waals surface area contributed by atoms with Crippen LogP contribution in [0.1, 0.15) is 37.9 Å². The summed E-state index contributed by atoms with van der Waals surface area (Å²) in [5.74, 6) is -2.20. The van der Waals surface area contributed by atoms with Crippen molar-refractivity contribution in [2.45, 2.75) is 26.8 Å². The van der Waals surface area contributed by atoms with Crippen LogP contribution in [-0.4, -0.2) is 22.8 Å². The first-order valence-electron chi connectivity index (χ1n) is 9.34. The Balaban J connectivity index is 2.11. The van der Waals surface area contributed by atoms with Crippen LogP contribution in [0, 0.1) is 17.2 Å². The maximum atomic E-state index is 12.9. The van der Waals surface area contributed by atoms with Crippen molar-refractivity contribution >= 4 is 23.3 Å². The van der Waals surface area contributed by atoms with Crippen molar-refractivity contribution in [3.63, 3.8) is 0 Å². The second-order valence-electron chi connectivity index (χ2n) is 7.18. The van der Waals surface area contributed by atoms with Crippen molar-refractivity contribution in [2.75, 3.05) is 4.90 Å². The van der Waals surface area contributed by atoms with Crippen molar-refractivity contribution in [1.29, 1.82) is 5.26 Å². The molecule has 1 aliphatic heterocycles. The number of ketones is 1. The molecule has 0 spiro atoms.